The van der Waals surface area contributed by atoms with Gasteiger partial charge in [0.15, 0.2) is 5.69 Å². The molecule has 0 radical (unpaired) electrons. The minimum atomic E-state index is -0.244. The van der Waals surface area contributed by atoms with Gasteiger partial charge in [-0.25, -0.2) is 4.68 Å². The fourth-order valence-corrected chi connectivity index (χ4v) is 2.80. The maximum atomic E-state index is 12.8. The third kappa shape index (κ3) is 3.02. The molecule has 0 saturated carbocycles. The Morgan fingerprint density at radius 3 is 2.58 bits per heavy atom. The molecule has 1 saturated heterocycles. The summed E-state index contributed by atoms with van der Waals surface area (Å²) in [6, 6.07) is 7.91. The van der Waals surface area contributed by atoms with Crippen LogP contribution in [0.3, 0.4) is 0 Å². The molecule has 2 aromatic rings. The molecule has 0 atom stereocenters. The first kappa shape index (κ1) is 16.2. The average molecular weight is 327 g/mol. The zero-order chi connectivity index (χ0) is 17.3. The molecule has 2 heterocycles. The van der Waals surface area contributed by atoms with E-state index in [9.17, 15) is 9.59 Å². The van der Waals surface area contributed by atoms with Crippen LogP contribution >= 0.6 is 0 Å². The van der Waals surface area contributed by atoms with Crippen LogP contribution in [0.25, 0.3) is 5.69 Å². The van der Waals surface area contributed by atoms with Gasteiger partial charge in [-0.3, -0.25) is 9.59 Å². The third-order valence-corrected chi connectivity index (χ3v) is 4.06. The molecule has 1 aliphatic rings. The van der Waals surface area contributed by atoms with Gasteiger partial charge in [-0.05, 0) is 25.0 Å². The van der Waals surface area contributed by atoms with Gasteiger partial charge in [0.25, 0.3) is 5.91 Å². The lowest BCUT2D eigenvalue weighted by atomic mass is 10.1. The summed E-state index contributed by atoms with van der Waals surface area (Å²) in [5.41, 5.74) is 3.10. The van der Waals surface area contributed by atoms with E-state index in [-0.39, 0.29) is 24.3 Å². The third-order valence-electron chi connectivity index (χ3n) is 4.06. The van der Waals surface area contributed by atoms with E-state index < -0.39 is 0 Å². The summed E-state index contributed by atoms with van der Waals surface area (Å²) in [7, 11) is 0. The Kier molecular flexibility index (Phi) is 4.33. The highest BCUT2D eigenvalue weighted by atomic mass is 16.2. The van der Waals surface area contributed by atoms with Crippen LogP contribution in [0.5, 0.6) is 0 Å². The van der Waals surface area contributed by atoms with E-state index in [4.69, 9.17) is 0 Å². The monoisotopic (exact) mass is 327 g/mol. The molecule has 2 amide bonds. The van der Waals surface area contributed by atoms with Gasteiger partial charge in [-0.1, -0.05) is 36.8 Å². The van der Waals surface area contributed by atoms with Crippen molar-refractivity contribution in [3.05, 3.63) is 41.2 Å². The van der Waals surface area contributed by atoms with Crippen LogP contribution < -0.4 is 5.32 Å². The van der Waals surface area contributed by atoms with E-state index in [0.717, 1.165) is 16.9 Å². The second-order valence-electron chi connectivity index (χ2n) is 6.30. The Labute approximate surface area is 140 Å². The molecule has 24 heavy (non-hydrogen) atoms. The number of nitrogens with zero attached hydrogens (tertiary/aromatic N) is 4. The van der Waals surface area contributed by atoms with Crippen LogP contribution in [-0.2, 0) is 4.79 Å². The van der Waals surface area contributed by atoms with E-state index in [1.807, 2.05) is 45.0 Å². The minimum Gasteiger partial charge on any atom is -0.353 e. The van der Waals surface area contributed by atoms with E-state index in [2.05, 4.69) is 15.6 Å². The highest BCUT2D eigenvalue weighted by Gasteiger charge is 2.29. The molecule has 7 heteroatoms. The molecule has 0 unspecified atom stereocenters. The summed E-state index contributed by atoms with van der Waals surface area (Å²) in [4.78, 5) is 25.9. The Morgan fingerprint density at radius 2 is 1.96 bits per heavy atom. The lowest BCUT2D eigenvalue weighted by Crippen LogP contribution is -2.50. The standard InChI is InChI=1S/C17H21N5O2/c1-11(2)16-15(17(24)21-9-8-18-14(23)10-21)19-20-22(16)13-6-4-12(3)5-7-13/h4-7,11H,8-10H2,1-3H3,(H,18,23). The van der Waals surface area contributed by atoms with Gasteiger partial charge in [0.05, 0.1) is 17.9 Å². The maximum Gasteiger partial charge on any atom is 0.276 e. The summed E-state index contributed by atoms with van der Waals surface area (Å²) in [6.45, 7) is 7.04. The molecule has 0 bridgehead atoms. The molecule has 1 fully saturated rings. The molecular weight excluding hydrogens is 306 g/mol. The number of nitrogens with one attached hydrogen (secondary N) is 1. The first-order valence-corrected chi connectivity index (χ1v) is 8.06. The predicted molar refractivity (Wildman–Crippen MR) is 89.1 cm³/mol. The SMILES string of the molecule is Cc1ccc(-n2nnc(C(=O)N3CCNC(=O)C3)c2C(C)C)cc1. The van der Waals surface area contributed by atoms with Crippen LogP contribution in [0.2, 0.25) is 0 Å². The van der Waals surface area contributed by atoms with Gasteiger partial charge >= 0.3 is 0 Å². The van der Waals surface area contributed by atoms with Crippen LogP contribution in [0.4, 0.5) is 0 Å². The lowest BCUT2D eigenvalue weighted by Gasteiger charge is -2.26. The number of carbonyl (C=O) groups excluding carboxylic acids is 2. The summed E-state index contributed by atoms with van der Waals surface area (Å²) in [6.07, 6.45) is 0. The molecule has 3 rings (SSSR count). The van der Waals surface area contributed by atoms with Crippen LogP contribution in [0.1, 0.15) is 41.5 Å². The van der Waals surface area contributed by atoms with Gasteiger partial charge in [-0.15, -0.1) is 5.10 Å². The number of carbonyl (C=O) groups is 2. The van der Waals surface area contributed by atoms with Crippen molar-refractivity contribution in [3.63, 3.8) is 0 Å². The molecular formula is C17H21N5O2. The molecule has 7 nitrogen and oxygen atoms in total. The quantitative estimate of drug-likeness (QED) is 0.921. The Balaban J connectivity index is 1.98. The van der Waals surface area contributed by atoms with Crippen molar-refractivity contribution in [2.45, 2.75) is 26.7 Å². The number of rotatable bonds is 3. The summed E-state index contributed by atoms with van der Waals surface area (Å²) in [5, 5.41) is 11.0. The van der Waals surface area contributed by atoms with E-state index in [0.29, 0.717) is 18.8 Å². The van der Waals surface area contributed by atoms with Crippen molar-refractivity contribution in [1.82, 2.24) is 25.2 Å². The van der Waals surface area contributed by atoms with Gasteiger partial charge in [0, 0.05) is 13.1 Å². The second kappa shape index (κ2) is 6.43. The van der Waals surface area contributed by atoms with Crippen molar-refractivity contribution < 1.29 is 9.59 Å². The highest BCUT2D eigenvalue weighted by Crippen LogP contribution is 2.23. The van der Waals surface area contributed by atoms with E-state index >= 15 is 0 Å². The van der Waals surface area contributed by atoms with Crippen LogP contribution in [0, 0.1) is 6.92 Å². The Bertz CT molecular complexity index is 764. The maximum absolute atomic E-state index is 12.8. The Hall–Kier alpha value is -2.70. The Morgan fingerprint density at radius 1 is 1.25 bits per heavy atom. The fraction of sp³-hybridized carbons (Fsp3) is 0.412. The summed E-state index contributed by atoms with van der Waals surface area (Å²) < 4.78 is 1.71. The van der Waals surface area contributed by atoms with Gasteiger partial charge in [0.1, 0.15) is 0 Å². The molecule has 1 aromatic heterocycles. The van der Waals surface area contributed by atoms with Crippen molar-refractivity contribution in [3.8, 4) is 5.69 Å². The zero-order valence-electron chi connectivity index (χ0n) is 14.1. The van der Waals surface area contributed by atoms with Crippen molar-refractivity contribution in [2.75, 3.05) is 19.6 Å². The van der Waals surface area contributed by atoms with Crippen molar-refractivity contribution in [2.24, 2.45) is 0 Å². The van der Waals surface area contributed by atoms with E-state index in [1.54, 1.807) is 4.68 Å². The van der Waals surface area contributed by atoms with Crippen molar-refractivity contribution >= 4 is 11.8 Å². The molecule has 0 aliphatic carbocycles. The molecule has 1 N–H and O–H groups in total. The van der Waals surface area contributed by atoms with Crippen molar-refractivity contribution in [1.29, 1.82) is 0 Å². The van der Waals surface area contributed by atoms with Gasteiger partial charge in [0.2, 0.25) is 5.91 Å². The lowest BCUT2D eigenvalue weighted by molar-refractivity contribution is -0.123. The van der Waals surface area contributed by atoms with Crippen LogP contribution in [0.15, 0.2) is 24.3 Å². The topological polar surface area (TPSA) is 80.1 Å². The number of hydrogen-bond donors (Lipinski definition) is 1. The largest absolute Gasteiger partial charge is 0.353 e. The van der Waals surface area contributed by atoms with Gasteiger partial charge in [-0.2, -0.15) is 0 Å². The number of amides is 2. The number of hydrogen-bond acceptors (Lipinski definition) is 4. The molecule has 1 aliphatic heterocycles. The predicted octanol–water partition coefficient (Wildman–Crippen LogP) is 1.27. The van der Waals surface area contributed by atoms with Crippen LogP contribution in [-0.4, -0.2) is 51.3 Å². The first-order valence-electron chi connectivity index (χ1n) is 8.06. The fourth-order valence-electron chi connectivity index (χ4n) is 2.80. The average Bonchev–Trinajstić information content (AvgIpc) is 3.00. The first-order chi connectivity index (χ1) is 11.5. The number of aryl methyl sites for hydroxylation is 1. The smallest absolute Gasteiger partial charge is 0.276 e. The highest BCUT2D eigenvalue weighted by molar-refractivity contribution is 5.96. The zero-order valence-corrected chi connectivity index (χ0v) is 14.1. The minimum absolute atomic E-state index is 0.0633. The molecule has 0 spiro atoms. The summed E-state index contributed by atoms with van der Waals surface area (Å²) >= 11 is 0. The number of aromatic nitrogens is 3. The van der Waals surface area contributed by atoms with Gasteiger partial charge < -0.3 is 10.2 Å². The van der Waals surface area contributed by atoms with E-state index in [1.165, 1.54) is 4.90 Å². The normalized spacial score (nSPS) is 14.8. The number of benzene rings is 1. The molecule has 126 valence electrons. The summed E-state index contributed by atoms with van der Waals surface area (Å²) in [5.74, 6) is -0.322. The number of piperazine rings is 1. The molecule has 1 aromatic carbocycles. The second-order valence-corrected chi connectivity index (χ2v) is 6.30.